The van der Waals surface area contributed by atoms with Crippen LogP contribution in [0.2, 0.25) is 0 Å². The van der Waals surface area contributed by atoms with E-state index in [1.807, 2.05) is 13.0 Å². The van der Waals surface area contributed by atoms with Crippen LogP contribution in [-0.4, -0.2) is 10.9 Å². The van der Waals surface area contributed by atoms with Gasteiger partial charge < -0.3 is 11.1 Å². The number of amides is 1. The molecule has 3 N–H and O–H groups in total. The Morgan fingerprint density at radius 2 is 2.12 bits per heavy atom. The maximum absolute atomic E-state index is 11.9. The lowest BCUT2D eigenvalue weighted by atomic mass is 10.1. The summed E-state index contributed by atoms with van der Waals surface area (Å²) >= 11 is 0. The molecule has 0 aliphatic carbocycles. The minimum Gasteiger partial charge on any atom is -0.399 e. The Kier molecular flexibility index (Phi) is 3.05. The highest BCUT2D eigenvalue weighted by molar-refractivity contribution is 6.04. The van der Waals surface area contributed by atoms with Crippen LogP contribution in [0.5, 0.6) is 0 Å². The van der Waals surface area contributed by atoms with Gasteiger partial charge in [0.2, 0.25) is 0 Å². The summed E-state index contributed by atoms with van der Waals surface area (Å²) in [5, 5.41) is 2.71. The lowest BCUT2D eigenvalue weighted by molar-refractivity contribution is 0.102. The summed E-state index contributed by atoms with van der Waals surface area (Å²) in [6.07, 6.45) is 1.63. The molecule has 0 unspecified atom stereocenters. The zero-order valence-corrected chi connectivity index (χ0v) is 9.47. The Morgan fingerprint density at radius 3 is 2.76 bits per heavy atom. The first-order valence-electron chi connectivity index (χ1n) is 5.25. The average Bonchev–Trinajstić information content (AvgIpc) is 2.34. The van der Waals surface area contributed by atoms with Crippen LogP contribution in [0.4, 0.5) is 11.5 Å². The number of aryl methyl sites for hydroxylation is 1. The standard InChI is InChI=1S/C13H13N3O/c1-9-8-10(5-6-11(9)14)13(17)16-12-4-2-3-7-15-12/h2-8H,14H2,1H3,(H,15,16,17). The number of carbonyl (C=O) groups is 1. The molecular formula is C13H13N3O. The highest BCUT2D eigenvalue weighted by atomic mass is 16.1. The zero-order chi connectivity index (χ0) is 12.3. The van der Waals surface area contributed by atoms with Gasteiger partial charge in [-0.05, 0) is 42.8 Å². The monoisotopic (exact) mass is 227 g/mol. The number of aromatic nitrogens is 1. The highest BCUT2D eigenvalue weighted by Gasteiger charge is 2.07. The third kappa shape index (κ3) is 2.60. The fourth-order valence-corrected chi connectivity index (χ4v) is 1.44. The van der Waals surface area contributed by atoms with Crippen molar-refractivity contribution < 1.29 is 4.79 Å². The van der Waals surface area contributed by atoms with Crippen molar-refractivity contribution in [3.63, 3.8) is 0 Å². The molecule has 0 saturated heterocycles. The Hall–Kier alpha value is -2.36. The highest BCUT2D eigenvalue weighted by Crippen LogP contribution is 2.13. The van der Waals surface area contributed by atoms with E-state index in [1.165, 1.54) is 0 Å². The summed E-state index contributed by atoms with van der Waals surface area (Å²) in [6, 6.07) is 10.5. The Labute approximate surface area is 99.5 Å². The number of rotatable bonds is 2. The summed E-state index contributed by atoms with van der Waals surface area (Å²) in [4.78, 5) is 15.9. The number of hydrogen-bond donors (Lipinski definition) is 2. The molecule has 0 spiro atoms. The quantitative estimate of drug-likeness (QED) is 0.773. The van der Waals surface area contributed by atoms with E-state index >= 15 is 0 Å². The third-order valence-corrected chi connectivity index (χ3v) is 2.44. The molecular weight excluding hydrogens is 214 g/mol. The largest absolute Gasteiger partial charge is 0.399 e. The Bertz CT molecular complexity index is 538. The van der Waals surface area contributed by atoms with Gasteiger partial charge in [0, 0.05) is 17.4 Å². The van der Waals surface area contributed by atoms with Crippen LogP contribution in [-0.2, 0) is 0 Å². The van der Waals surface area contributed by atoms with Crippen LogP contribution in [0.15, 0.2) is 42.6 Å². The van der Waals surface area contributed by atoms with Crippen molar-refractivity contribution in [2.24, 2.45) is 0 Å². The van der Waals surface area contributed by atoms with Gasteiger partial charge in [0.15, 0.2) is 0 Å². The van der Waals surface area contributed by atoms with Crippen LogP contribution >= 0.6 is 0 Å². The Morgan fingerprint density at radius 1 is 1.29 bits per heavy atom. The first kappa shape index (κ1) is 11.1. The SMILES string of the molecule is Cc1cc(C(=O)Nc2ccccn2)ccc1N. The van der Waals surface area contributed by atoms with E-state index < -0.39 is 0 Å². The molecule has 0 saturated carbocycles. The van der Waals surface area contributed by atoms with Crippen molar-refractivity contribution >= 4 is 17.4 Å². The van der Waals surface area contributed by atoms with Crippen LogP contribution in [0.3, 0.4) is 0 Å². The molecule has 0 atom stereocenters. The first-order chi connectivity index (χ1) is 8.16. The van der Waals surface area contributed by atoms with E-state index in [0.29, 0.717) is 17.1 Å². The molecule has 1 heterocycles. The van der Waals surface area contributed by atoms with E-state index in [-0.39, 0.29) is 5.91 Å². The second kappa shape index (κ2) is 4.65. The molecule has 1 aromatic carbocycles. The van der Waals surface area contributed by atoms with Gasteiger partial charge in [-0.1, -0.05) is 6.07 Å². The van der Waals surface area contributed by atoms with Gasteiger partial charge >= 0.3 is 0 Å². The van der Waals surface area contributed by atoms with E-state index in [2.05, 4.69) is 10.3 Å². The zero-order valence-electron chi connectivity index (χ0n) is 9.47. The molecule has 0 aliphatic rings. The molecule has 2 aromatic rings. The minimum atomic E-state index is -0.188. The third-order valence-electron chi connectivity index (χ3n) is 2.44. The van der Waals surface area contributed by atoms with Gasteiger partial charge in [-0.15, -0.1) is 0 Å². The Balaban J connectivity index is 2.18. The number of nitrogens with one attached hydrogen (secondary N) is 1. The predicted molar refractivity (Wildman–Crippen MR) is 67.8 cm³/mol. The first-order valence-corrected chi connectivity index (χ1v) is 5.25. The lowest BCUT2D eigenvalue weighted by Crippen LogP contribution is -2.13. The van der Waals surface area contributed by atoms with E-state index in [4.69, 9.17) is 5.73 Å². The normalized spacial score (nSPS) is 9.94. The summed E-state index contributed by atoms with van der Waals surface area (Å²) in [5.74, 6) is 0.346. The van der Waals surface area contributed by atoms with Crippen molar-refractivity contribution in [1.82, 2.24) is 4.98 Å². The maximum atomic E-state index is 11.9. The van der Waals surface area contributed by atoms with Crippen molar-refractivity contribution in [3.05, 3.63) is 53.7 Å². The fourth-order valence-electron chi connectivity index (χ4n) is 1.44. The number of nitrogens with zero attached hydrogens (tertiary/aromatic N) is 1. The molecule has 1 aromatic heterocycles. The number of carbonyl (C=O) groups excluding carboxylic acids is 1. The minimum absolute atomic E-state index is 0.188. The molecule has 0 aliphatic heterocycles. The lowest BCUT2D eigenvalue weighted by Gasteiger charge is -2.06. The molecule has 0 fully saturated rings. The number of nitrogen functional groups attached to an aromatic ring is 1. The van der Waals surface area contributed by atoms with E-state index in [9.17, 15) is 4.79 Å². The molecule has 2 rings (SSSR count). The van der Waals surface area contributed by atoms with Crippen LogP contribution in [0.1, 0.15) is 15.9 Å². The number of benzene rings is 1. The van der Waals surface area contributed by atoms with Crippen LogP contribution in [0, 0.1) is 6.92 Å². The maximum Gasteiger partial charge on any atom is 0.256 e. The van der Waals surface area contributed by atoms with Gasteiger partial charge in [-0.3, -0.25) is 4.79 Å². The van der Waals surface area contributed by atoms with E-state index in [1.54, 1.807) is 36.5 Å². The summed E-state index contributed by atoms with van der Waals surface area (Å²) < 4.78 is 0. The van der Waals surface area contributed by atoms with Crippen LogP contribution < -0.4 is 11.1 Å². The number of hydrogen-bond acceptors (Lipinski definition) is 3. The molecule has 0 bridgehead atoms. The van der Waals surface area contributed by atoms with Gasteiger partial charge in [0.05, 0.1) is 0 Å². The molecule has 1 amide bonds. The second-order valence-corrected chi connectivity index (χ2v) is 3.74. The molecule has 4 nitrogen and oxygen atoms in total. The van der Waals surface area contributed by atoms with Gasteiger partial charge in [0.25, 0.3) is 5.91 Å². The number of pyridine rings is 1. The van der Waals surface area contributed by atoms with Crippen molar-refractivity contribution in [1.29, 1.82) is 0 Å². The molecule has 17 heavy (non-hydrogen) atoms. The number of anilines is 2. The fraction of sp³-hybridized carbons (Fsp3) is 0.0769. The molecule has 0 radical (unpaired) electrons. The van der Waals surface area contributed by atoms with Crippen LogP contribution in [0.25, 0.3) is 0 Å². The van der Waals surface area contributed by atoms with Crippen molar-refractivity contribution in [3.8, 4) is 0 Å². The van der Waals surface area contributed by atoms with Gasteiger partial charge in [0.1, 0.15) is 5.82 Å². The summed E-state index contributed by atoms with van der Waals surface area (Å²) in [5.41, 5.74) is 7.84. The summed E-state index contributed by atoms with van der Waals surface area (Å²) in [7, 11) is 0. The number of nitrogens with two attached hydrogens (primary N) is 1. The summed E-state index contributed by atoms with van der Waals surface area (Å²) in [6.45, 7) is 1.87. The van der Waals surface area contributed by atoms with E-state index in [0.717, 1.165) is 5.56 Å². The molecule has 86 valence electrons. The van der Waals surface area contributed by atoms with Crippen molar-refractivity contribution in [2.45, 2.75) is 6.92 Å². The second-order valence-electron chi connectivity index (χ2n) is 3.74. The smallest absolute Gasteiger partial charge is 0.256 e. The van der Waals surface area contributed by atoms with Crippen molar-refractivity contribution in [2.75, 3.05) is 11.1 Å². The molecule has 4 heteroatoms. The topological polar surface area (TPSA) is 68.0 Å². The van der Waals surface area contributed by atoms with Gasteiger partial charge in [-0.25, -0.2) is 4.98 Å². The predicted octanol–water partition coefficient (Wildman–Crippen LogP) is 2.22. The van der Waals surface area contributed by atoms with Gasteiger partial charge in [-0.2, -0.15) is 0 Å². The average molecular weight is 227 g/mol.